The number of rotatable bonds is 0. The van der Waals surface area contributed by atoms with Gasteiger partial charge in [0.2, 0.25) is 0 Å². The second kappa shape index (κ2) is 4.79. The molecule has 4 aromatic rings. The Balaban J connectivity index is 1.93. The monoisotopic (exact) mass is 338 g/mol. The van der Waals surface area contributed by atoms with E-state index < -0.39 is 12.1 Å². The Kier molecular flexibility index (Phi) is 2.76. The second-order valence-corrected chi connectivity index (χ2v) is 6.30. The maximum Gasteiger partial charge on any atom is 0.399 e. The molecule has 0 saturated carbocycles. The average Bonchev–Trinajstić information content (AvgIpc) is 3.07. The van der Waals surface area contributed by atoms with Gasteiger partial charge < -0.3 is 9.97 Å². The van der Waals surface area contributed by atoms with Gasteiger partial charge in [-0.1, -0.05) is 36.4 Å². The molecule has 2 aromatic heterocycles. The molecule has 5 heteroatoms. The average molecular weight is 338 g/mol. The van der Waals surface area contributed by atoms with Gasteiger partial charge in [0.25, 0.3) is 0 Å². The minimum absolute atomic E-state index is 0.294. The Morgan fingerprint density at radius 1 is 0.680 bits per heavy atom. The number of alkyl halides is 3. The van der Waals surface area contributed by atoms with E-state index in [2.05, 4.69) is 9.97 Å². The van der Waals surface area contributed by atoms with Gasteiger partial charge in [0, 0.05) is 44.3 Å². The molecular formula is C20H13F3N2. The topological polar surface area (TPSA) is 31.6 Å². The van der Waals surface area contributed by atoms with E-state index in [9.17, 15) is 13.2 Å². The van der Waals surface area contributed by atoms with E-state index in [0.29, 0.717) is 33.3 Å². The molecule has 0 atom stereocenters. The third-order valence-electron chi connectivity index (χ3n) is 4.87. The number of para-hydroxylation sites is 2. The van der Waals surface area contributed by atoms with Crippen LogP contribution in [-0.2, 0) is 0 Å². The van der Waals surface area contributed by atoms with Crippen LogP contribution in [0, 0.1) is 0 Å². The summed E-state index contributed by atoms with van der Waals surface area (Å²) in [5, 5.41) is 1.23. The second-order valence-electron chi connectivity index (χ2n) is 6.30. The molecule has 2 aromatic carbocycles. The fraction of sp³-hybridized carbons (Fsp3) is 0.100. The van der Waals surface area contributed by atoms with E-state index in [0.717, 1.165) is 11.0 Å². The van der Waals surface area contributed by atoms with Crippen molar-refractivity contribution in [3.8, 4) is 0 Å². The van der Waals surface area contributed by atoms with Gasteiger partial charge in [-0.15, -0.1) is 0 Å². The first-order chi connectivity index (χ1) is 12.0. The summed E-state index contributed by atoms with van der Waals surface area (Å²) in [5.74, 6) is -1.68. The highest BCUT2D eigenvalue weighted by atomic mass is 19.4. The van der Waals surface area contributed by atoms with E-state index in [1.807, 2.05) is 12.1 Å². The quantitative estimate of drug-likeness (QED) is 0.404. The molecule has 25 heavy (non-hydrogen) atoms. The molecule has 2 N–H and O–H groups in total. The molecule has 124 valence electrons. The van der Waals surface area contributed by atoms with Crippen molar-refractivity contribution in [1.29, 1.82) is 0 Å². The van der Waals surface area contributed by atoms with Gasteiger partial charge in [-0.2, -0.15) is 13.2 Å². The first-order valence-corrected chi connectivity index (χ1v) is 8.00. The van der Waals surface area contributed by atoms with Crippen LogP contribution < -0.4 is 0 Å². The number of benzene rings is 2. The summed E-state index contributed by atoms with van der Waals surface area (Å²) in [4.78, 5) is 6.26. The molecule has 0 amide bonds. The molecule has 0 fully saturated rings. The van der Waals surface area contributed by atoms with E-state index in [1.54, 1.807) is 48.6 Å². The Morgan fingerprint density at radius 2 is 1.12 bits per heavy atom. The molecule has 0 aliphatic heterocycles. The number of aromatic amines is 2. The largest absolute Gasteiger partial charge is 0.399 e. The molecular weight excluding hydrogens is 325 g/mol. The molecule has 0 radical (unpaired) electrons. The Labute approximate surface area is 141 Å². The van der Waals surface area contributed by atoms with E-state index in [4.69, 9.17) is 0 Å². The van der Waals surface area contributed by atoms with Crippen molar-refractivity contribution in [2.24, 2.45) is 0 Å². The predicted octanol–water partition coefficient (Wildman–Crippen LogP) is 5.83. The summed E-state index contributed by atoms with van der Waals surface area (Å²) < 4.78 is 42.7. The standard InChI is InChI=1S/C20H13F3N2/c21-20(22,23)19-17-11-5-1-3-7-13(11)24-15(17)9-10-16-18(19)12-6-2-4-8-14(12)25-16/h1-10,19,24-25H. The number of hydrogen-bond donors (Lipinski definition) is 2. The van der Waals surface area contributed by atoms with Crippen molar-refractivity contribution < 1.29 is 13.2 Å². The molecule has 1 aliphatic rings. The normalized spacial score (nSPS) is 14.7. The van der Waals surface area contributed by atoms with Crippen LogP contribution in [0.4, 0.5) is 13.2 Å². The van der Waals surface area contributed by atoms with Gasteiger partial charge >= 0.3 is 6.18 Å². The minimum Gasteiger partial charge on any atom is -0.355 e. The number of fused-ring (bicyclic) bond motifs is 6. The van der Waals surface area contributed by atoms with Crippen molar-refractivity contribution in [3.05, 3.63) is 71.0 Å². The van der Waals surface area contributed by atoms with Crippen molar-refractivity contribution in [3.63, 3.8) is 0 Å². The Bertz CT molecular complexity index is 1060. The lowest BCUT2D eigenvalue weighted by Crippen LogP contribution is -2.22. The molecule has 0 bridgehead atoms. The minimum atomic E-state index is -4.40. The smallest absolute Gasteiger partial charge is 0.355 e. The van der Waals surface area contributed by atoms with Gasteiger partial charge in [-0.05, 0) is 24.3 Å². The maximum atomic E-state index is 14.2. The summed E-state index contributed by atoms with van der Waals surface area (Å²) in [6.07, 6.45) is -0.935. The van der Waals surface area contributed by atoms with E-state index in [1.165, 1.54) is 0 Å². The van der Waals surface area contributed by atoms with Crippen LogP contribution in [0.25, 0.3) is 34.0 Å². The van der Waals surface area contributed by atoms with Gasteiger partial charge in [-0.3, -0.25) is 0 Å². The zero-order valence-corrected chi connectivity index (χ0v) is 13.0. The SMILES string of the molecule is FC(F)(F)C1c2c([nH]c3ccccc23)C=Cc2[nH]c3ccccc3c21. The lowest BCUT2D eigenvalue weighted by Gasteiger charge is -2.21. The fourth-order valence-corrected chi connectivity index (χ4v) is 3.89. The van der Waals surface area contributed by atoms with E-state index in [-0.39, 0.29) is 0 Å². The highest BCUT2D eigenvalue weighted by Gasteiger charge is 2.46. The van der Waals surface area contributed by atoms with Crippen LogP contribution in [0.15, 0.2) is 48.5 Å². The Morgan fingerprint density at radius 3 is 1.56 bits per heavy atom. The molecule has 0 saturated heterocycles. The summed E-state index contributed by atoms with van der Waals surface area (Å²) in [6, 6.07) is 14.3. The highest BCUT2D eigenvalue weighted by molar-refractivity contribution is 5.96. The van der Waals surface area contributed by atoms with Crippen molar-refractivity contribution >= 4 is 34.0 Å². The summed E-state index contributed by atoms with van der Waals surface area (Å²) >= 11 is 0. The zero-order valence-electron chi connectivity index (χ0n) is 13.0. The third kappa shape index (κ3) is 1.98. The first kappa shape index (κ1) is 14.4. The van der Waals surface area contributed by atoms with Crippen molar-refractivity contribution in [2.75, 3.05) is 0 Å². The fourth-order valence-electron chi connectivity index (χ4n) is 3.89. The first-order valence-electron chi connectivity index (χ1n) is 8.00. The lowest BCUT2D eigenvalue weighted by molar-refractivity contribution is -0.140. The van der Waals surface area contributed by atoms with Crippen LogP contribution in [0.2, 0.25) is 0 Å². The van der Waals surface area contributed by atoms with Crippen LogP contribution in [0.1, 0.15) is 28.4 Å². The van der Waals surface area contributed by atoms with E-state index >= 15 is 0 Å². The number of aromatic nitrogens is 2. The predicted molar refractivity (Wildman–Crippen MR) is 93.4 cm³/mol. The summed E-state index contributed by atoms with van der Waals surface area (Å²) in [6.45, 7) is 0. The van der Waals surface area contributed by atoms with Gasteiger partial charge in [-0.25, -0.2) is 0 Å². The molecule has 2 heterocycles. The van der Waals surface area contributed by atoms with Crippen LogP contribution in [0.3, 0.4) is 0 Å². The number of H-pyrrole nitrogens is 2. The molecule has 1 aliphatic carbocycles. The van der Waals surface area contributed by atoms with Gasteiger partial charge in [0.15, 0.2) is 0 Å². The molecule has 0 unspecified atom stereocenters. The molecule has 5 rings (SSSR count). The maximum absolute atomic E-state index is 14.2. The van der Waals surface area contributed by atoms with Crippen molar-refractivity contribution in [1.82, 2.24) is 9.97 Å². The lowest BCUT2D eigenvalue weighted by atomic mass is 9.88. The van der Waals surface area contributed by atoms with Crippen molar-refractivity contribution in [2.45, 2.75) is 12.1 Å². The van der Waals surface area contributed by atoms with Crippen LogP contribution in [-0.4, -0.2) is 16.1 Å². The number of halogens is 3. The molecule has 0 spiro atoms. The third-order valence-corrected chi connectivity index (χ3v) is 4.87. The molecule has 2 nitrogen and oxygen atoms in total. The van der Waals surface area contributed by atoms with Gasteiger partial charge in [0.05, 0.1) is 0 Å². The zero-order chi connectivity index (χ0) is 17.2. The summed E-state index contributed by atoms with van der Waals surface area (Å²) in [7, 11) is 0. The van der Waals surface area contributed by atoms with Gasteiger partial charge in [0.1, 0.15) is 5.92 Å². The number of nitrogens with one attached hydrogen (secondary N) is 2. The number of hydrogen-bond acceptors (Lipinski definition) is 0. The Hall–Kier alpha value is -2.95. The summed E-state index contributed by atoms with van der Waals surface area (Å²) in [5.41, 5.74) is 3.05. The van der Waals surface area contributed by atoms with Crippen LogP contribution >= 0.6 is 0 Å². The van der Waals surface area contributed by atoms with Crippen LogP contribution in [0.5, 0.6) is 0 Å². The highest BCUT2D eigenvalue weighted by Crippen LogP contribution is 2.49.